The van der Waals surface area contributed by atoms with Crippen LogP contribution in [0.3, 0.4) is 0 Å². The molecule has 0 saturated heterocycles. The van der Waals surface area contributed by atoms with Crippen LogP contribution in [0, 0.1) is 27.7 Å². The molecule has 0 aliphatic carbocycles. The van der Waals surface area contributed by atoms with Crippen molar-refractivity contribution in [3.63, 3.8) is 0 Å². The molecule has 0 saturated carbocycles. The molecule has 3 aromatic rings. The van der Waals surface area contributed by atoms with Crippen LogP contribution < -0.4 is 14.8 Å². The molecule has 0 unspecified atom stereocenters. The summed E-state index contributed by atoms with van der Waals surface area (Å²) in [7, 11) is -2.26. The number of benzene rings is 1. The van der Waals surface area contributed by atoms with E-state index in [4.69, 9.17) is 4.74 Å². The smallest absolute Gasteiger partial charge is 0.244 e. The number of rotatable bonds is 8. The number of nitrogens with one attached hydrogen (secondary N) is 2. The summed E-state index contributed by atoms with van der Waals surface area (Å²) in [6.45, 7) is 8.04. The second-order valence-corrected chi connectivity index (χ2v) is 8.71. The van der Waals surface area contributed by atoms with Crippen LogP contribution in [0.2, 0.25) is 0 Å². The molecule has 1 aromatic carbocycles. The summed E-state index contributed by atoms with van der Waals surface area (Å²) in [5, 5.41) is 7.58. The fraction of sp³-hybridized carbons (Fsp3) is 0.350. The standard InChI is InChI=1S/C20H26N6O3S/c1-13-6-7-17(29-5)18(10-13)30(27,28)22-9-8-21-19-12-20(24-16(4)23-19)26-15(3)11-14(2)25-26/h6-7,10-12,22H,8-9H2,1-5H3,(H,21,23,24). The predicted octanol–water partition coefficient (Wildman–Crippen LogP) is 2.29. The quantitative estimate of drug-likeness (QED) is 0.528. The molecule has 0 bridgehead atoms. The third-order valence-electron chi connectivity index (χ3n) is 4.38. The van der Waals surface area contributed by atoms with Crippen LogP contribution in [0.15, 0.2) is 35.2 Å². The fourth-order valence-electron chi connectivity index (χ4n) is 3.06. The van der Waals surface area contributed by atoms with Gasteiger partial charge in [0, 0.05) is 24.8 Å². The van der Waals surface area contributed by atoms with E-state index in [1.807, 2.05) is 26.8 Å². The van der Waals surface area contributed by atoms with Gasteiger partial charge < -0.3 is 10.1 Å². The highest BCUT2D eigenvalue weighted by Gasteiger charge is 2.19. The maximum absolute atomic E-state index is 12.7. The molecule has 9 nitrogen and oxygen atoms in total. The molecule has 0 amide bonds. The Morgan fingerprint density at radius 3 is 2.47 bits per heavy atom. The Hall–Kier alpha value is -2.98. The molecule has 0 atom stereocenters. The number of hydrogen-bond acceptors (Lipinski definition) is 7. The number of methoxy groups -OCH3 is 1. The van der Waals surface area contributed by atoms with Gasteiger partial charge in [-0.2, -0.15) is 5.10 Å². The summed E-state index contributed by atoms with van der Waals surface area (Å²) in [6, 6.07) is 8.79. The molecular formula is C20H26N6O3S. The van der Waals surface area contributed by atoms with Crippen LogP contribution in [-0.4, -0.2) is 48.4 Å². The van der Waals surface area contributed by atoms with Gasteiger partial charge in [-0.15, -0.1) is 0 Å². The first-order valence-corrected chi connectivity index (χ1v) is 11.0. The Labute approximate surface area is 176 Å². The number of ether oxygens (including phenoxy) is 1. The molecule has 30 heavy (non-hydrogen) atoms. The maximum atomic E-state index is 12.7. The van der Waals surface area contributed by atoms with Gasteiger partial charge in [0.1, 0.15) is 22.3 Å². The number of nitrogens with zero attached hydrogens (tertiary/aromatic N) is 4. The first kappa shape index (κ1) is 21.7. The lowest BCUT2D eigenvalue weighted by atomic mass is 10.2. The third-order valence-corrected chi connectivity index (χ3v) is 5.87. The van der Waals surface area contributed by atoms with Crippen molar-refractivity contribution in [3.8, 4) is 11.6 Å². The molecule has 0 spiro atoms. The zero-order chi connectivity index (χ0) is 21.9. The van der Waals surface area contributed by atoms with Crippen molar-refractivity contribution >= 4 is 15.8 Å². The van der Waals surface area contributed by atoms with Gasteiger partial charge in [-0.25, -0.2) is 27.8 Å². The first-order valence-electron chi connectivity index (χ1n) is 9.47. The molecule has 10 heteroatoms. The minimum Gasteiger partial charge on any atom is -0.495 e. The summed E-state index contributed by atoms with van der Waals surface area (Å²) in [4.78, 5) is 8.92. The first-order chi connectivity index (χ1) is 14.2. The van der Waals surface area contributed by atoms with Gasteiger partial charge in [0.2, 0.25) is 10.0 Å². The van der Waals surface area contributed by atoms with Gasteiger partial charge in [0.25, 0.3) is 0 Å². The van der Waals surface area contributed by atoms with Crippen LogP contribution in [0.25, 0.3) is 5.82 Å². The molecule has 0 fully saturated rings. The maximum Gasteiger partial charge on any atom is 0.244 e. The van der Waals surface area contributed by atoms with Crippen LogP contribution in [0.1, 0.15) is 22.8 Å². The Morgan fingerprint density at radius 2 is 1.80 bits per heavy atom. The summed E-state index contributed by atoms with van der Waals surface area (Å²) in [6.07, 6.45) is 0. The van der Waals surface area contributed by atoms with Gasteiger partial charge in [-0.1, -0.05) is 6.07 Å². The second kappa shape index (κ2) is 8.80. The molecule has 0 aliphatic heterocycles. The molecule has 2 N–H and O–H groups in total. The van der Waals surface area contributed by atoms with Crippen molar-refractivity contribution in [1.82, 2.24) is 24.5 Å². The number of hydrogen-bond donors (Lipinski definition) is 2. The van der Waals surface area contributed by atoms with Gasteiger partial charge >= 0.3 is 0 Å². The highest BCUT2D eigenvalue weighted by molar-refractivity contribution is 7.89. The van der Waals surface area contributed by atoms with Gasteiger partial charge in [0.15, 0.2) is 5.82 Å². The van der Waals surface area contributed by atoms with Crippen LogP contribution in [0.4, 0.5) is 5.82 Å². The molecule has 2 aromatic heterocycles. The van der Waals surface area contributed by atoms with E-state index in [0.717, 1.165) is 17.0 Å². The molecular weight excluding hydrogens is 404 g/mol. The van der Waals surface area contributed by atoms with E-state index in [9.17, 15) is 8.42 Å². The number of anilines is 1. The Balaban J connectivity index is 1.67. The van der Waals surface area contributed by atoms with Crippen molar-refractivity contribution in [1.29, 1.82) is 0 Å². The van der Waals surface area contributed by atoms with E-state index in [-0.39, 0.29) is 11.4 Å². The summed E-state index contributed by atoms with van der Waals surface area (Å²) in [5.41, 5.74) is 2.71. The Kier molecular flexibility index (Phi) is 6.37. The van der Waals surface area contributed by atoms with Gasteiger partial charge in [0.05, 0.1) is 12.8 Å². The van der Waals surface area contributed by atoms with Crippen molar-refractivity contribution in [2.24, 2.45) is 0 Å². The normalized spacial score (nSPS) is 11.5. The Morgan fingerprint density at radius 1 is 1.03 bits per heavy atom. The second-order valence-electron chi connectivity index (χ2n) is 6.98. The summed E-state index contributed by atoms with van der Waals surface area (Å²) < 4.78 is 34.8. The Bertz CT molecular complexity index is 1160. The predicted molar refractivity (Wildman–Crippen MR) is 115 cm³/mol. The minimum absolute atomic E-state index is 0.120. The molecule has 0 radical (unpaired) electrons. The molecule has 0 aliphatic rings. The molecule has 160 valence electrons. The number of aromatic nitrogens is 4. The molecule has 2 heterocycles. The van der Waals surface area contributed by atoms with Gasteiger partial charge in [-0.3, -0.25) is 0 Å². The van der Waals surface area contributed by atoms with E-state index < -0.39 is 10.0 Å². The average molecular weight is 431 g/mol. The van der Waals surface area contributed by atoms with Crippen molar-refractivity contribution in [3.05, 3.63) is 53.1 Å². The summed E-state index contributed by atoms with van der Waals surface area (Å²) >= 11 is 0. The fourth-order valence-corrected chi connectivity index (χ4v) is 4.34. The van der Waals surface area contributed by atoms with Crippen LogP contribution in [0.5, 0.6) is 5.75 Å². The van der Waals surface area contributed by atoms with E-state index in [0.29, 0.717) is 29.8 Å². The lowest BCUT2D eigenvalue weighted by Gasteiger charge is -2.12. The van der Waals surface area contributed by atoms with Crippen molar-refractivity contribution in [2.75, 3.05) is 25.5 Å². The highest BCUT2D eigenvalue weighted by atomic mass is 32.2. The minimum atomic E-state index is -3.70. The third kappa shape index (κ3) is 4.95. The monoisotopic (exact) mass is 430 g/mol. The van der Waals surface area contributed by atoms with E-state index in [1.165, 1.54) is 7.11 Å². The van der Waals surface area contributed by atoms with E-state index in [2.05, 4.69) is 25.1 Å². The van der Waals surface area contributed by atoms with Crippen molar-refractivity contribution in [2.45, 2.75) is 32.6 Å². The van der Waals surface area contributed by atoms with Crippen LogP contribution in [-0.2, 0) is 10.0 Å². The topological polar surface area (TPSA) is 111 Å². The van der Waals surface area contributed by atoms with E-state index in [1.54, 1.807) is 35.9 Å². The molecule has 3 rings (SSSR count). The average Bonchev–Trinajstić information content (AvgIpc) is 3.03. The number of aryl methyl sites for hydroxylation is 4. The largest absolute Gasteiger partial charge is 0.495 e. The number of sulfonamides is 1. The zero-order valence-corrected chi connectivity index (χ0v) is 18.5. The zero-order valence-electron chi connectivity index (χ0n) is 17.7. The lowest BCUT2D eigenvalue weighted by Crippen LogP contribution is -2.29. The van der Waals surface area contributed by atoms with Crippen molar-refractivity contribution < 1.29 is 13.2 Å². The summed E-state index contributed by atoms with van der Waals surface area (Å²) in [5.74, 6) is 2.15. The lowest BCUT2D eigenvalue weighted by molar-refractivity contribution is 0.402. The van der Waals surface area contributed by atoms with Gasteiger partial charge in [-0.05, 0) is 51.5 Å². The van der Waals surface area contributed by atoms with E-state index >= 15 is 0 Å². The SMILES string of the molecule is COc1ccc(C)cc1S(=O)(=O)NCCNc1cc(-n2nc(C)cc2C)nc(C)n1. The van der Waals surface area contributed by atoms with Crippen LogP contribution >= 0.6 is 0 Å². The highest BCUT2D eigenvalue weighted by Crippen LogP contribution is 2.24.